The van der Waals surface area contributed by atoms with Crippen molar-refractivity contribution in [1.82, 2.24) is 25.5 Å². The number of pyridine rings is 2. The fourth-order valence-corrected chi connectivity index (χ4v) is 14.9. The van der Waals surface area contributed by atoms with E-state index in [0.29, 0.717) is 69.5 Å². The maximum absolute atomic E-state index is 12.7. The molecule has 8 aromatic rings. The number of aromatic nitrogens is 2. The molecule has 4 amide bonds. The molecule has 2 atom stereocenters. The number of methoxy groups -OCH3 is 2. The second-order valence-corrected chi connectivity index (χ2v) is 33.7. The lowest BCUT2D eigenvalue weighted by atomic mass is 9.80. The van der Waals surface area contributed by atoms with Crippen molar-refractivity contribution >= 4 is 153 Å². The smallest absolute Gasteiger partial charge is 0.410 e. The number of carbonyl (C=O) groups excluding carboxylic acids is 7. The van der Waals surface area contributed by atoms with Gasteiger partial charge in [-0.25, -0.2) is 9.59 Å². The van der Waals surface area contributed by atoms with E-state index in [1.54, 1.807) is 94.0 Å². The number of H-pyrrole nitrogens is 2. The number of rotatable bonds is 11. The molecule has 0 aromatic carbocycles. The molecule has 102 heavy (non-hydrogen) atoms. The van der Waals surface area contributed by atoms with Crippen LogP contribution in [0.2, 0.25) is 0 Å². The van der Waals surface area contributed by atoms with Crippen LogP contribution < -0.4 is 43.4 Å². The average molecular weight is 1520 g/mol. The molecule has 11 heterocycles. The van der Waals surface area contributed by atoms with Crippen molar-refractivity contribution < 1.29 is 52.9 Å². The van der Waals surface area contributed by atoms with Gasteiger partial charge in [0.05, 0.1) is 73.1 Å². The minimum absolute atomic E-state index is 0.0564. The number of amides is 4. The normalized spacial score (nSPS) is 14.9. The molecule has 3 saturated heterocycles. The minimum atomic E-state index is -1.13. The van der Waals surface area contributed by atoms with Crippen LogP contribution in [0.4, 0.5) is 27.5 Å². The maximum atomic E-state index is 12.7. The van der Waals surface area contributed by atoms with E-state index in [1.807, 2.05) is 116 Å². The van der Waals surface area contributed by atoms with Crippen molar-refractivity contribution in [3.63, 3.8) is 0 Å². The zero-order valence-corrected chi connectivity index (χ0v) is 66.3. The number of ether oxygens (including phenoxy) is 3. The number of nitrogen functional groups attached to an aromatic ring is 1. The van der Waals surface area contributed by atoms with E-state index in [4.69, 9.17) is 15.2 Å². The minimum Gasteiger partial charge on any atom is -0.469 e. The first-order valence-corrected chi connectivity index (χ1v) is 39.3. The average Bonchev–Trinajstić information content (AvgIpc) is 1.49. The lowest BCUT2D eigenvalue weighted by Gasteiger charge is -2.37. The van der Waals surface area contributed by atoms with Crippen LogP contribution in [0.5, 0.6) is 0 Å². The van der Waals surface area contributed by atoms with Gasteiger partial charge in [0.15, 0.2) is 6.29 Å². The Morgan fingerprint density at radius 1 is 0.598 bits per heavy atom. The Morgan fingerprint density at radius 3 is 1.49 bits per heavy atom. The second kappa shape index (κ2) is 40.0. The number of esters is 2. The highest BCUT2D eigenvalue weighted by Gasteiger charge is 2.41. The Kier molecular flexibility index (Phi) is 33.4. The van der Waals surface area contributed by atoms with Gasteiger partial charge in [0.25, 0.3) is 11.1 Å². The zero-order chi connectivity index (χ0) is 75.7. The fraction of sp³-hybridized carbons (Fsp3) is 0.500. The maximum Gasteiger partial charge on any atom is 0.410 e. The number of fused-ring (bicyclic) bond motifs is 2. The largest absolute Gasteiger partial charge is 0.469 e. The first kappa shape index (κ1) is 85.2. The van der Waals surface area contributed by atoms with E-state index < -0.39 is 34.4 Å². The van der Waals surface area contributed by atoms with Gasteiger partial charge >= 0.3 is 18.0 Å². The standard InChI is InChI=1S/C23H36N2O6S.2C12H14N2OS.C10H13NO2S.C9H13NOS.C6H7NO2S.C2H6/c1-22(2,3)20(28)24-15-10-13-32-18(15)17(26)16(19(27)30-7)14-8-11-25(12-9-14)21(29)31-23(4,5)6;2*15-12-9(8-1-4-13-5-2-8)7-11-10(14-12)3-6-16-11;1-10(2,3)9(13)11-7-4-5-14-8(7)6-12;1-9(2,3)8(11)10-7-4-5-12-6-7;1-9-6(8)5-4(7)2-3-10-5;1-2/h10,13-14,16-17,26H,8-9,11-12H2,1-7H3,(H,24,28);2*3,6-8,13H,1-2,4-5H2,(H,14,15);4-6H,1-3H3,(H,11,13);4-6H,1-3H3,(H,10,11);2-3H,7H2,1H3;1-2H3. The van der Waals surface area contributed by atoms with E-state index in [9.17, 15) is 48.3 Å². The Morgan fingerprint density at radius 2 is 1.06 bits per heavy atom. The number of aliphatic hydroxyl groups is 1. The van der Waals surface area contributed by atoms with E-state index >= 15 is 0 Å². The Balaban J connectivity index is 0.000000230. The number of hydrogen-bond donors (Lipinski definition) is 9. The lowest BCUT2D eigenvalue weighted by molar-refractivity contribution is -0.153. The number of hydrogen-bond acceptors (Lipinski definition) is 22. The summed E-state index contributed by atoms with van der Waals surface area (Å²) in [7, 11) is 2.64. The third kappa shape index (κ3) is 26.1. The number of nitrogens with two attached hydrogens (primary N) is 1. The fourth-order valence-electron chi connectivity index (χ4n) is 10.4. The summed E-state index contributed by atoms with van der Waals surface area (Å²) >= 11 is 8.84. The van der Waals surface area contributed by atoms with Crippen LogP contribution in [0.15, 0.2) is 95.8 Å². The van der Waals surface area contributed by atoms with E-state index in [-0.39, 0.29) is 52.2 Å². The van der Waals surface area contributed by atoms with Crippen molar-refractivity contribution in [2.45, 2.75) is 159 Å². The second-order valence-electron chi connectivity index (χ2n) is 28.2. The quantitative estimate of drug-likeness (QED) is 0.0330. The van der Waals surface area contributed by atoms with Crippen molar-refractivity contribution in [2.24, 2.45) is 28.1 Å². The number of nitrogens with one attached hydrogen (secondary N) is 7. The van der Waals surface area contributed by atoms with E-state index in [1.165, 1.54) is 57.6 Å². The van der Waals surface area contributed by atoms with Gasteiger partial charge in [0.1, 0.15) is 16.6 Å². The summed E-state index contributed by atoms with van der Waals surface area (Å²) in [6.45, 7) is 31.0. The van der Waals surface area contributed by atoms with Crippen LogP contribution in [0.3, 0.4) is 0 Å². The van der Waals surface area contributed by atoms with Crippen LogP contribution in [0.25, 0.3) is 20.4 Å². The molecule has 28 heteroatoms. The topological polar surface area (TPSA) is 323 Å². The molecule has 3 aliphatic heterocycles. The summed E-state index contributed by atoms with van der Waals surface area (Å²) in [4.78, 5) is 115. The summed E-state index contributed by atoms with van der Waals surface area (Å²) in [5.74, 6) is -1.20. The van der Waals surface area contributed by atoms with E-state index in [0.717, 1.165) is 86.0 Å². The third-order valence-corrected chi connectivity index (χ3v) is 21.4. The van der Waals surface area contributed by atoms with Crippen molar-refractivity contribution in [3.8, 4) is 0 Å². The number of aldehydes is 1. The van der Waals surface area contributed by atoms with Gasteiger partial charge in [-0.2, -0.15) is 11.3 Å². The van der Waals surface area contributed by atoms with E-state index in [2.05, 4.69) is 53.4 Å². The number of likely N-dealkylation sites (tertiary alicyclic amines) is 1. The molecule has 11 rings (SSSR count). The van der Waals surface area contributed by atoms with Crippen molar-refractivity contribution in [1.29, 1.82) is 0 Å². The molecular weight excluding hydrogens is 1420 g/mol. The summed E-state index contributed by atoms with van der Waals surface area (Å²) in [6.07, 6.45) is 4.59. The monoisotopic (exact) mass is 1520 g/mol. The molecule has 3 fully saturated rings. The van der Waals surface area contributed by atoms with Gasteiger partial charge in [-0.05, 0) is 184 Å². The predicted octanol–water partition coefficient (Wildman–Crippen LogP) is 15.7. The summed E-state index contributed by atoms with van der Waals surface area (Å²) < 4.78 is 17.3. The highest BCUT2D eigenvalue weighted by atomic mass is 32.1. The molecule has 10 N–H and O–H groups in total. The highest BCUT2D eigenvalue weighted by Crippen LogP contribution is 2.41. The third-order valence-electron chi connectivity index (χ3n) is 16.2. The highest BCUT2D eigenvalue weighted by molar-refractivity contribution is 7.17. The lowest BCUT2D eigenvalue weighted by Crippen LogP contribution is -2.44. The van der Waals surface area contributed by atoms with Crippen LogP contribution in [-0.4, -0.2) is 121 Å². The number of piperidine rings is 3. The van der Waals surface area contributed by atoms with Crippen LogP contribution in [0, 0.1) is 28.1 Å². The molecule has 22 nitrogen and oxygen atoms in total. The number of carbonyl (C=O) groups is 7. The summed E-state index contributed by atoms with van der Waals surface area (Å²) in [5, 5.41) is 39.5. The molecule has 0 spiro atoms. The number of anilines is 4. The van der Waals surface area contributed by atoms with Crippen LogP contribution in [0.1, 0.15) is 189 Å². The van der Waals surface area contributed by atoms with Crippen LogP contribution >= 0.6 is 68.0 Å². The molecule has 558 valence electrons. The Labute approximate surface area is 622 Å². The molecule has 0 bridgehead atoms. The molecule has 0 radical (unpaired) electrons. The van der Waals surface area contributed by atoms with Crippen molar-refractivity contribution in [3.05, 3.63) is 133 Å². The predicted molar refractivity (Wildman–Crippen MR) is 420 cm³/mol. The number of aliphatic hydroxyl groups excluding tert-OH is 1. The Bertz CT molecular complexity index is 3980. The molecule has 2 unspecified atom stereocenters. The molecule has 8 aromatic heterocycles. The first-order chi connectivity index (χ1) is 48.1. The first-order valence-electron chi connectivity index (χ1n) is 34.0. The molecule has 0 aliphatic carbocycles. The number of nitrogens with zero attached hydrogens (tertiary/aromatic N) is 1. The molecular formula is C74H103N9O13S6. The van der Waals surface area contributed by atoms with Gasteiger partial charge in [0, 0.05) is 45.8 Å². The van der Waals surface area contributed by atoms with Gasteiger partial charge in [-0.1, -0.05) is 76.2 Å². The van der Waals surface area contributed by atoms with Gasteiger partial charge in [0.2, 0.25) is 17.7 Å². The number of aromatic amines is 2. The van der Waals surface area contributed by atoms with Gasteiger partial charge in [-0.15, -0.1) is 56.7 Å². The molecule has 0 saturated carbocycles. The Hall–Kier alpha value is -7.41. The molecule has 3 aliphatic rings. The van der Waals surface area contributed by atoms with Gasteiger partial charge in [-0.3, -0.25) is 33.6 Å². The SMILES string of the molecule is CC.CC(C)(C)C(=O)Nc1ccsc1.CC(C)(C)C(=O)Nc1ccsc1C=O.COC(=O)C(C1CCN(C(=O)OC(C)(C)C)CC1)C(O)c1sccc1NC(=O)C(C)(C)C.COC(=O)c1sccc1N.O=c1[nH]c2ccsc2cc1C1CCNCC1.O=c1[nH]c2ccsc2cc1C1CCNCC1. The summed E-state index contributed by atoms with van der Waals surface area (Å²) in [5.41, 5.74) is 10.0. The summed E-state index contributed by atoms with van der Waals surface area (Å²) in [6, 6.07) is 15.1. The van der Waals surface area contributed by atoms with Crippen molar-refractivity contribution in [2.75, 3.05) is 75.2 Å². The number of thiophene rings is 6. The zero-order valence-electron chi connectivity index (χ0n) is 61.4. The van der Waals surface area contributed by atoms with Crippen LogP contribution in [-0.2, 0) is 33.4 Å². The van der Waals surface area contributed by atoms with Gasteiger partial charge < -0.3 is 66.5 Å².